The maximum atomic E-state index is 5.28. The highest BCUT2D eigenvalue weighted by Gasteiger charge is 2.17. The molecule has 1 saturated heterocycles. The molecular formula is C15H19N3O. The van der Waals surface area contributed by atoms with Gasteiger partial charge in [-0.1, -0.05) is 12.1 Å². The quantitative estimate of drug-likeness (QED) is 0.884. The summed E-state index contributed by atoms with van der Waals surface area (Å²) in [6.07, 6.45) is 5.43. The van der Waals surface area contributed by atoms with Crippen molar-refractivity contribution in [2.24, 2.45) is 0 Å². The van der Waals surface area contributed by atoms with E-state index in [0.29, 0.717) is 6.04 Å². The van der Waals surface area contributed by atoms with Gasteiger partial charge in [0.1, 0.15) is 5.75 Å². The standard InChI is InChI=1S/C15H19N3O/c1-19-13-6-2-4-11(8-13)14-10-17-18-15(14)9-12-5-3-7-16-12/h2,4,6,8,10,12,16H,3,5,7,9H2,1H3,(H,17,18). The number of hydrogen-bond acceptors (Lipinski definition) is 3. The van der Waals surface area contributed by atoms with Gasteiger partial charge in [0.2, 0.25) is 0 Å². The molecule has 3 rings (SSSR count). The number of nitrogens with zero attached hydrogens (tertiary/aromatic N) is 1. The molecule has 4 heteroatoms. The fraction of sp³-hybridized carbons (Fsp3) is 0.400. The van der Waals surface area contributed by atoms with E-state index in [1.54, 1.807) is 7.11 Å². The Hall–Kier alpha value is -1.81. The Kier molecular flexibility index (Phi) is 3.51. The minimum Gasteiger partial charge on any atom is -0.497 e. The van der Waals surface area contributed by atoms with Crippen molar-refractivity contribution in [3.05, 3.63) is 36.2 Å². The molecule has 1 aromatic heterocycles. The van der Waals surface area contributed by atoms with Gasteiger partial charge in [0.25, 0.3) is 0 Å². The lowest BCUT2D eigenvalue weighted by Gasteiger charge is -2.10. The third-order valence-electron chi connectivity index (χ3n) is 3.71. The van der Waals surface area contributed by atoms with E-state index in [1.807, 2.05) is 18.3 Å². The maximum Gasteiger partial charge on any atom is 0.119 e. The van der Waals surface area contributed by atoms with E-state index in [4.69, 9.17) is 4.74 Å². The first-order valence-corrected chi connectivity index (χ1v) is 6.77. The van der Waals surface area contributed by atoms with Gasteiger partial charge in [-0.2, -0.15) is 5.10 Å². The van der Waals surface area contributed by atoms with Crippen LogP contribution in [0.25, 0.3) is 11.1 Å². The van der Waals surface area contributed by atoms with Gasteiger partial charge in [0.05, 0.1) is 13.3 Å². The summed E-state index contributed by atoms with van der Waals surface area (Å²) in [5, 5.41) is 10.9. The Balaban J connectivity index is 1.85. The molecule has 1 fully saturated rings. The molecule has 4 nitrogen and oxygen atoms in total. The van der Waals surface area contributed by atoms with Crippen LogP contribution in [0.3, 0.4) is 0 Å². The van der Waals surface area contributed by atoms with E-state index in [-0.39, 0.29) is 0 Å². The van der Waals surface area contributed by atoms with E-state index in [0.717, 1.165) is 24.3 Å². The summed E-state index contributed by atoms with van der Waals surface area (Å²) >= 11 is 0. The average Bonchev–Trinajstić information content (AvgIpc) is 3.11. The van der Waals surface area contributed by atoms with Crippen LogP contribution >= 0.6 is 0 Å². The highest BCUT2D eigenvalue weighted by atomic mass is 16.5. The van der Waals surface area contributed by atoms with Crippen LogP contribution in [0.4, 0.5) is 0 Å². The molecule has 1 aromatic carbocycles. The Bertz CT molecular complexity index is 544. The Morgan fingerprint density at radius 2 is 2.37 bits per heavy atom. The molecule has 2 N–H and O–H groups in total. The third kappa shape index (κ3) is 2.63. The molecule has 1 aliphatic rings. The van der Waals surface area contributed by atoms with Gasteiger partial charge in [-0.05, 0) is 37.1 Å². The molecule has 0 aliphatic carbocycles. The molecule has 0 saturated carbocycles. The Labute approximate surface area is 113 Å². The summed E-state index contributed by atoms with van der Waals surface area (Å²) in [6, 6.07) is 8.69. The maximum absolute atomic E-state index is 5.28. The molecule has 0 radical (unpaired) electrons. The summed E-state index contributed by atoms with van der Waals surface area (Å²) in [5.41, 5.74) is 3.53. The third-order valence-corrected chi connectivity index (χ3v) is 3.71. The van der Waals surface area contributed by atoms with Gasteiger partial charge in [-0.25, -0.2) is 0 Å². The monoisotopic (exact) mass is 257 g/mol. The second kappa shape index (κ2) is 5.45. The first kappa shape index (κ1) is 12.2. The number of nitrogens with one attached hydrogen (secondary N) is 2. The number of aromatic amines is 1. The molecule has 1 aliphatic heterocycles. The van der Waals surface area contributed by atoms with Gasteiger partial charge >= 0.3 is 0 Å². The first-order chi connectivity index (χ1) is 9.36. The summed E-state index contributed by atoms with van der Waals surface area (Å²) in [4.78, 5) is 0. The van der Waals surface area contributed by atoms with Gasteiger partial charge in [-0.3, -0.25) is 5.10 Å². The smallest absolute Gasteiger partial charge is 0.119 e. The fourth-order valence-electron chi connectivity index (χ4n) is 2.69. The molecule has 1 atom stereocenters. The van der Waals surface area contributed by atoms with E-state index < -0.39 is 0 Å². The zero-order chi connectivity index (χ0) is 13.1. The van der Waals surface area contributed by atoms with E-state index in [1.165, 1.54) is 24.1 Å². The van der Waals surface area contributed by atoms with Gasteiger partial charge in [0, 0.05) is 23.7 Å². The normalized spacial score (nSPS) is 18.7. The Morgan fingerprint density at radius 3 is 3.16 bits per heavy atom. The predicted octanol–water partition coefficient (Wildman–Crippen LogP) is 2.38. The second-order valence-corrected chi connectivity index (χ2v) is 4.99. The molecule has 0 bridgehead atoms. The zero-order valence-electron chi connectivity index (χ0n) is 11.1. The minimum absolute atomic E-state index is 0.574. The molecule has 100 valence electrons. The van der Waals surface area contributed by atoms with Crippen molar-refractivity contribution in [2.75, 3.05) is 13.7 Å². The summed E-state index contributed by atoms with van der Waals surface area (Å²) in [5.74, 6) is 0.878. The molecule has 19 heavy (non-hydrogen) atoms. The lowest BCUT2D eigenvalue weighted by molar-refractivity contribution is 0.415. The topological polar surface area (TPSA) is 49.9 Å². The van der Waals surface area contributed by atoms with E-state index in [9.17, 15) is 0 Å². The number of hydrogen-bond donors (Lipinski definition) is 2. The largest absolute Gasteiger partial charge is 0.497 e. The van der Waals surface area contributed by atoms with Crippen LogP contribution in [0.5, 0.6) is 5.75 Å². The van der Waals surface area contributed by atoms with Gasteiger partial charge < -0.3 is 10.1 Å². The van der Waals surface area contributed by atoms with Crippen LogP contribution in [-0.4, -0.2) is 29.9 Å². The SMILES string of the molecule is COc1cccc(-c2cn[nH]c2CC2CCCN2)c1. The van der Waals surface area contributed by atoms with Crippen LogP contribution in [0.15, 0.2) is 30.5 Å². The lowest BCUT2D eigenvalue weighted by Crippen LogP contribution is -2.24. The van der Waals surface area contributed by atoms with E-state index in [2.05, 4.69) is 27.6 Å². The van der Waals surface area contributed by atoms with Gasteiger partial charge in [-0.15, -0.1) is 0 Å². The summed E-state index contributed by atoms with van der Waals surface area (Å²) < 4.78 is 5.28. The number of H-pyrrole nitrogens is 1. The second-order valence-electron chi connectivity index (χ2n) is 4.99. The first-order valence-electron chi connectivity index (χ1n) is 6.77. The number of methoxy groups -OCH3 is 1. The predicted molar refractivity (Wildman–Crippen MR) is 75.3 cm³/mol. The summed E-state index contributed by atoms with van der Waals surface area (Å²) in [7, 11) is 1.69. The highest BCUT2D eigenvalue weighted by Crippen LogP contribution is 2.27. The number of rotatable bonds is 4. The van der Waals surface area contributed by atoms with Gasteiger partial charge in [0.15, 0.2) is 0 Å². The number of ether oxygens (including phenoxy) is 1. The van der Waals surface area contributed by atoms with Crippen LogP contribution in [0, 0.1) is 0 Å². The van der Waals surface area contributed by atoms with Crippen LogP contribution in [0.1, 0.15) is 18.5 Å². The molecule has 0 amide bonds. The summed E-state index contributed by atoms with van der Waals surface area (Å²) in [6.45, 7) is 1.13. The molecular weight excluding hydrogens is 238 g/mol. The fourth-order valence-corrected chi connectivity index (χ4v) is 2.69. The zero-order valence-corrected chi connectivity index (χ0v) is 11.1. The molecule has 2 heterocycles. The van der Waals surface area contributed by atoms with Crippen molar-refractivity contribution in [3.63, 3.8) is 0 Å². The lowest BCUT2D eigenvalue weighted by atomic mass is 10.0. The van der Waals surface area contributed by atoms with Crippen molar-refractivity contribution < 1.29 is 4.74 Å². The highest BCUT2D eigenvalue weighted by molar-refractivity contribution is 5.66. The van der Waals surface area contributed by atoms with Crippen molar-refractivity contribution in [2.45, 2.75) is 25.3 Å². The molecule has 2 aromatic rings. The van der Waals surface area contributed by atoms with Crippen molar-refractivity contribution >= 4 is 0 Å². The number of aromatic nitrogens is 2. The van der Waals surface area contributed by atoms with Crippen molar-refractivity contribution in [3.8, 4) is 16.9 Å². The number of benzene rings is 1. The molecule has 0 spiro atoms. The molecule has 1 unspecified atom stereocenters. The van der Waals surface area contributed by atoms with Crippen LogP contribution < -0.4 is 10.1 Å². The van der Waals surface area contributed by atoms with E-state index >= 15 is 0 Å². The van der Waals surface area contributed by atoms with Crippen LogP contribution in [0.2, 0.25) is 0 Å². The Morgan fingerprint density at radius 1 is 1.42 bits per heavy atom. The minimum atomic E-state index is 0.574. The average molecular weight is 257 g/mol. The van der Waals surface area contributed by atoms with Crippen LogP contribution in [-0.2, 0) is 6.42 Å². The van der Waals surface area contributed by atoms with Crippen molar-refractivity contribution in [1.82, 2.24) is 15.5 Å². The van der Waals surface area contributed by atoms with Crippen molar-refractivity contribution in [1.29, 1.82) is 0 Å².